The summed E-state index contributed by atoms with van der Waals surface area (Å²) in [6.45, 7) is 9.83. The summed E-state index contributed by atoms with van der Waals surface area (Å²) >= 11 is 0. The molecule has 134 valence electrons. The first-order valence-electron chi connectivity index (χ1n) is 8.39. The lowest BCUT2D eigenvalue weighted by Crippen LogP contribution is -2.46. The van der Waals surface area contributed by atoms with Crippen LogP contribution in [-0.4, -0.2) is 24.5 Å². The molecule has 0 saturated heterocycles. The SMILES string of the molecule is CCCOC(=O)[C@@H](NC(=O)CC(C)(C)c1ccc(F)cc1)C(C)C. The Morgan fingerprint density at radius 1 is 1.21 bits per heavy atom. The molecule has 1 aromatic rings. The quantitative estimate of drug-likeness (QED) is 0.738. The molecule has 0 radical (unpaired) electrons. The van der Waals surface area contributed by atoms with Crippen LogP contribution in [0.15, 0.2) is 24.3 Å². The molecule has 1 rings (SSSR count). The van der Waals surface area contributed by atoms with E-state index < -0.39 is 17.4 Å². The van der Waals surface area contributed by atoms with Gasteiger partial charge in [-0.2, -0.15) is 0 Å². The van der Waals surface area contributed by atoms with E-state index >= 15 is 0 Å². The Bertz CT molecular complexity index is 552. The minimum absolute atomic E-state index is 0.0627. The third kappa shape index (κ3) is 5.95. The van der Waals surface area contributed by atoms with Crippen molar-refractivity contribution in [2.45, 2.75) is 58.9 Å². The number of hydrogen-bond donors (Lipinski definition) is 1. The van der Waals surface area contributed by atoms with Crippen LogP contribution in [0, 0.1) is 11.7 Å². The van der Waals surface area contributed by atoms with E-state index in [-0.39, 0.29) is 24.1 Å². The highest BCUT2D eigenvalue weighted by Gasteiger charge is 2.29. The van der Waals surface area contributed by atoms with Crippen LogP contribution < -0.4 is 5.32 Å². The summed E-state index contributed by atoms with van der Waals surface area (Å²) in [4.78, 5) is 24.5. The molecule has 1 atom stereocenters. The fraction of sp³-hybridized carbons (Fsp3) is 0.579. The maximum absolute atomic E-state index is 13.1. The van der Waals surface area contributed by atoms with Gasteiger partial charge in [-0.25, -0.2) is 9.18 Å². The molecule has 0 bridgehead atoms. The van der Waals surface area contributed by atoms with Crippen LogP contribution >= 0.6 is 0 Å². The van der Waals surface area contributed by atoms with Crippen LogP contribution in [0.5, 0.6) is 0 Å². The van der Waals surface area contributed by atoms with Gasteiger partial charge in [0.15, 0.2) is 0 Å². The summed E-state index contributed by atoms with van der Waals surface area (Å²) in [7, 11) is 0. The van der Waals surface area contributed by atoms with Crippen molar-refractivity contribution in [3.8, 4) is 0 Å². The molecule has 1 amide bonds. The minimum atomic E-state index is -0.659. The second-order valence-electron chi connectivity index (χ2n) is 7.02. The van der Waals surface area contributed by atoms with E-state index in [0.717, 1.165) is 12.0 Å². The molecule has 0 heterocycles. The fourth-order valence-electron chi connectivity index (χ4n) is 2.42. The largest absolute Gasteiger partial charge is 0.464 e. The first-order valence-corrected chi connectivity index (χ1v) is 8.39. The number of ether oxygens (including phenoxy) is 1. The minimum Gasteiger partial charge on any atom is -0.464 e. The first kappa shape index (κ1) is 20.1. The van der Waals surface area contributed by atoms with Crippen molar-refractivity contribution in [2.75, 3.05) is 6.61 Å². The van der Waals surface area contributed by atoms with Gasteiger partial charge in [0.05, 0.1) is 6.61 Å². The maximum Gasteiger partial charge on any atom is 0.328 e. The smallest absolute Gasteiger partial charge is 0.328 e. The molecule has 0 aliphatic heterocycles. The third-order valence-electron chi connectivity index (χ3n) is 3.91. The maximum atomic E-state index is 13.1. The molecule has 24 heavy (non-hydrogen) atoms. The van der Waals surface area contributed by atoms with Gasteiger partial charge >= 0.3 is 5.97 Å². The molecule has 4 nitrogen and oxygen atoms in total. The van der Waals surface area contributed by atoms with Crippen molar-refractivity contribution >= 4 is 11.9 Å². The van der Waals surface area contributed by atoms with Crippen molar-refractivity contribution in [3.05, 3.63) is 35.6 Å². The summed E-state index contributed by atoms with van der Waals surface area (Å²) in [5.41, 5.74) is 0.404. The van der Waals surface area contributed by atoms with Crippen LogP contribution in [0.2, 0.25) is 0 Å². The van der Waals surface area contributed by atoms with Crippen molar-refractivity contribution in [3.63, 3.8) is 0 Å². The molecular weight excluding hydrogens is 309 g/mol. The lowest BCUT2D eigenvalue weighted by molar-refractivity contribution is -0.149. The Hall–Kier alpha value is -1.91. The number of nitrogens with one attached hydrogen (secondary N) is 1. The third-order valence-corrected chi connectivity index (χ3v) is 3.91. The molecule has 0 fully saturated rings. The molecule has 5 heteroatoms. The summed E-state index contributed by atoms with van der Waals surface area (Å²) in [6, 6.07) is 5.46. The molecule has 0 unspecified atom stereocenters. The molecule has 0 aromatic heterocycles. The second kappa shape index (κ2) is 8.81. The predicted octanol–water partition coefficient (Wildman–Crippen LogP) is 3.59. The number of carbonyl (C=O) groups is 2. The number of rotatable bonds is 8. The van der Waals surface area contributed by atoms with Gasteiger partial charge in [-0.15, -0.1) is 0 Å². The van der Waals surface area contributed by atoms with Crippen LogP contribution in [0.3, 0.4) is 0 Å². The summed E-state index contributed by atoms with van der Waals surface area (Å²) in [6.07, 6.45) is 0.936. The van der Waals surface area contributed by atoms with E-state index in [0.29, 0.717) is 6.61 Å². The number of esters is 1. The van der Waals surface area contributed by atoms with Crippen LogP contribution in [0.25, 0.3) is 0 Å². The molecule has 0 aliphatic carbocycles. The zero-order valence-corrected chi connectivity index (χ0v) is 15.2. The number of halogens is 1. The van der Waals surface area contributed by atoms with E-state index in [1.54, 1.807) is 12.1 Å². The average molecular weight is 337 g/mol. The van der Waals surface area contributed by atoms with E-state index in [1.165, 1.54) is 12.1 Å². The topological polar surface area (TPSA) is 55.4 Å². The van der Waals surface area contributed by atoms with Gasteiger partial charge in [-0.3, -0.25) is 4.79 Å². The van der Waals surface area contributed by atoms with Gasteiger partial charge in [0, 0.05) is 6.42 Å². The van der Waals surface area contributed by atoms with Crippen LogP contribution in [0.4, 0.5) is 4.39 Å². The number of hydrogen-bond acceptors (Lipinski definition) is 3. The molecular formula is C19H28FNO3. The fourth-order valence-corrected chi connectivity index (χ4v) is 2.42. The van der Waals surface area contributed by atoms with Gasteiger partial charge in [-0.05, 0) is 35.4 Å². The van der Waals surface area contributed by atoms with Gasteiger partial charge < -0.3 is 10.1 Å². The average Bonchev–Trinajstić information content (AvgIpc) is 2.50. The highest BCUT2D eigenvalue weighted by Crippen LogP contribution is 2.27. The zero-order valence-electron chi connectivity index (χ0n) is 15.2. The predicted molar refractivity (Wildman–Crippen MR) is 92.1 cm³/mol. The van der Waals surface area contributed by atoms with Crippen LogP contribution in [0.1, 0.15) is 53.0 Å². The van der Waals surface area contributed by atoms with Gasteiger partial charge in [0.25, 0.3) is 0 Å². The summed E-state index contributed by atoms with van der Waals surface area (Å²) in [5.74, 6) is -0.999. The normalized spacial score (nSPS) is 12.8. The molecule has 1 N–H and O–H groups in total. The molecule has 0 spiro atoms. The molecule has 1 aromatic carbocycles. The van der Waals surface area contributed by atoms with Crippen molar-refractivity contribution in [1.29, 1.82) is 0 Å². The second-order valence-corrected chi connectivity index (χ2v) is 7.02. The number of benzene rings is 1. The van der Waals surface area contributed by atoms with Crippen molar-refractivity contribution in [1.82, 2.24) is 5.32 Å². The Labute approximate surface area is 143 Å². The number of amides is 1. The number of carbonyl (C=O) groups excluding carboxylic acids is 2. The standard InChI is InChI=1S/C19H28FNO3/c1-6-11-24-18(23)17(13(2)3)21-16(22)12-19(4,5)14-7-9-15(20)10-8-14/h7-10,13,17H,6,11-12H2,1-5H3,(H,21,22)/t17-/m0/s1. The lowest BCUT2D eigenvalue weighted by atomic mass is 9.81. The monoisotopic (exact) mass is 337 g/mol. The Morgan fingerprint density at radius 3 is 2.29 bits per heavy atom. The Kier molecular flexibility index (Phi) is 7.39. The summed E-state index contributed by atoms with van der Waals surface area (Å²) in [5, 5.41) is 2.77. The van der Waals surface area contributed by atoms with Crippen molar-refractivity contribution < 1.29 is 18.7 Å². The van der Waals surface area contributed by atoms with E-state index in [4.69, 9.17) is 4.74 Å². The first-order chi connectivity index (χ1) is 11.2. The van der Waals surface area contributed by atoms with E-state index in [9.17, 15) is 14.0 Å². The zero-order chi connectivity index (χ0) is 18.3. The van der Waals surface area contributed by atoms with Crippen LogP contribution in [-0.2, 0) is 19.7 Å². The lowest BCUT2D eigenvalue weighted by Gasteiger charge is -2.27. The highest BCUT2D eigenvalue weighted by molar-refractivity contribution is 5.85. The Morgan fingerprint density at radius 2 is 1.79 bits per heavy atom. The Balaban J connectivity index is 2.74. The highest BCUT2D eigenvalue weighted by atomic mass is 19.1. The van der Waals surface area contributed by atoms with E-state index in [1.807, 2.05) is 34.6 Å². The summed E-state index contributed by atoms with van der Waals surface area (Å²) < 4.78 is 18.2. The van der Waals surface area contributed by atoms with Crippen molar-refractivity contribution in [2.24, 2.45) is 5.92 Å². The van der Waals surface area contributed by atoms with Gasteiger partial charge in [0.1, 0.15) is 11.9 Å². The molecule has 0 aliphatic rings. The molecule has 0 saturated carbocycles. The van der Waals surface area contributed by atoms with Gasteiger partial charge in [0.2, 0.25) is 5.91 Å². The van der Waals surface area contributed by atoms with Gasteiger partial charge in [-0.1, -0.05) is 46.8 Å². The van der Waals surface area contributed by atoms with E-state index in [2.05, 4.69) is 5.32 Å².